The smallest absolute Gasteiger partial charge is 0.254 e. The highest BCUT2D eigenvalue weighted by molar-refractivity contribution is 6.07. The molecule has 3 heterocycles. The lowest BCUT2D eigenvalue weighted by Gasteiger charge is -2.28. The van der Waals surface area contributed by atoms with Crippen molar-refractivity contribution in [1.82, 2.24) is 15.2 Å². The second-order valence-corrected chi connectivity index (χ2v) is 7.83. The maximum Gasteiger partial charge on any atom is 0.254 e. The van der Waals surface area contributed by atoms with E-state index in [1.165, 1.54) is 0 Å². The molecule has 136 valence electrons. The Balaban J connectivity index is 1.78. The normalized spacial score (nSPS) is 22.9. The Labute approximate surface area is 153 Å². The Morgan fingerprint density at radius 3 is 2.77 bits per heavy atom. The van der Waals surface area contributed by atoms with E-state index in [0.29, 0.717) is 18.7 Å². The molecule has 1 N–H and O–H groups in total. The number of hydrogen-bond acceptors (Lipinski definition) is 3. The van der Waals surface area contributed by atoms with Crippen LogP contribution in [0.3, 0.4) is 0 Å². The first-order valence-electron chi connectivity index (χ1n) is 9.40. The number of likely N-dealkylation sites (tertiary alicyclic amines) is 1. The number of nitrogens with one attached hydrogen (secondary N) is 1. The van der Waals surface area contributed by atoms with Crippen LogP contribution in [0, 0.1) is 26.7 Å². The van der Waals surface area contributed by atoms with Crippen molar-refractivity contribution in [3.8, 4) is 0 Å². The monoisotopic (exact) mass is 351 g/mol. The van der Waals surface area contributed by atoms with Crippen LogP contribution < -0.4 is 5.32 Å². The summed E-state index contributed by atoms with van der Waals surface area (Å²) >= 11 is 0. The second kappa shape index (κ2) is 6.38. The molecule has 0 unspecified atom stereocenters. The second-order valence-electron chi connectivity index (χ2n) is 7.83. The first-order chi connectivity index (χ1) is 12.4. The zero-order valence-corrected chi connectivity index (χ0v) is 15.6. The Hall–Kier alpha value is -2.43. The molecule has 2 aromatic rings. The lowest BCUT2D eigenvalue weighted by Crippen LogP contribution is -2.41. The van der Waals surface area contributed by atoms with Crippen LogP contribution in [0.5, 0.6) is 0 Å². The quantitative estimate of drug-likeness (QED) is 0.859. The molecule has 1 aromatic heterocycles. The van der Waals surface area contributed by atoms with Gasteiger partial charge in [-0.2, -0.15) is 0 Å². The number of hydrogen-bond donors (Lipinski definition) is 1. The van der Waals surface area contributed by atoms with Gasteiger partial charge in [0.15, 0.2) is 0 Å². The summed E-state index contributed by atoms with van der Waals surface area (Å²) in [4.78, 5) is 32.3. The highest BCUT2D eigenvalue weighted by atomic mass is 16.2. The lowest BCUT2D eigenvalue weighted by molar-refractivity contribution is -0.124. The number of benzene rings is 1. The number of aromatic nitrogens is 1. The van der Waals surface area contributed by atoms with Crippen molar-refractivity contribution in [2.75, 3.05) is 13.1 Å². The number of fused-ring (bicyclic) bond motifs is 4. The highest BCUT2D eigenvalue weighted by Crippen LogP contribution is 2.27. The predicted octanol–water partition coefficient (Wildman–Crippen LogP) is 2.90. The number of nitrogens with zero attached hydrogens (tertiary/aromatic N) is 2. The van der Waals surface area contributed by atoms with E-state index in [9.17, 15) is 9.59 Å². The summed E-state index contributed by atoms with van der Waals surface area (Å²) in [7, 11) is 0. The van der Waals surface area contributed by atoms with E-state index < -0.39 is 0 Å². The Bertz CT molecular complexity index is 906. The molecule has 2 saturated heterocycles. The maximum atomic E-state index is 13.4. The van der Waals surface area contributed by atoms with Crippen LogP contribution >= 0.6 is 0 Å². The van der Waals surface area contributed by atoms with Gasteiger partial charge in [0.2, 0.25) is 5.91 Å². The minimum absolute atomic E-state index is 0.0129. The summed E-state index contributed by atoms with van der Waals surface area (Å²) in [5.41, 5.74) is 4.65. The van der Waals surface area contributed by atoms with Crippen LogP contribution in [0.15, 0.2) is 18.2 Å². The first-order valence-corrected chi connectivity index (χ1v) is 9.40. The van der Waals surface area contributed by atoms with Crippen molar-refractivity contribution in [2.45, 2.75) is 46.1 Å². The summed E-state index contributed by atoms with van der Waals surface area (Å²) in [5.74, 6) is 0.0216. The zero-order valence-electron chi connectivity index (χ0n) is 15.6. The van der Waals surface area contributed by atoms with Crippen LogP contribution in [0.2, 0.25) is 0 Å². The average Bonchev–Trinajstić information content (AvgIpc) is 2.83. The first kappa shape index (κ1) is 17.0. The van der Waals surface area contributed by atoms with E-state index in [-0.39, 0.29) is 23.8 Å². The van der Waals surface area contributed by atoms with Gasteiger partial charge >= 0.3 is 0 Å². The molecule has 2 amide bonds. The van der Waals surface area contributed by atoms with Gasteiger partial charge in [-0.1, -0.05) is 18.1 Å². The molecule has 5 nitrogen and oxygen atoms in total. The summed E-state index contributed by atoms with van der Waals surface area (Å²) in [6.45, 7) is 7.11. The van der Waals surface area contributed by atoms with Gasteiger partial charge in [0.25, 0.3) is 5.91 Å². The van der Waals surface area contributed by atoms with Gasteiger partial charge in [-0.15, -0.1) is 0 Å². The van der Waals surface area contributed by atoms with Gasteiger partial charge in [-0.05, 0) is 51.3 Å². The van der Waals surface area contributed by atoms with Crippen LogP contribution in [-0.4, -0.2) is 40.8 Å². The van der Waals surface area contributed by atoms with Crippen molar-refractivity contribution >= 4 is 22.7 Å². The summed E-state index contributed by atoms with van der Waals surface area (Å²) in [6.07, 6.45) is 2.85. The molecule has 2 aliphatic heterocycles. The number of rotatable bonds is 1. The third kappa shape index (κ3) is 2.96. The molecule has 2 bridgehead atoms. The van der Waals surface area contributed by atoms with E-state index in [0.717, 1.165) is 47.0 Å². The molecule has 4 rings (SSSR count). The molecular formula is C21H25N3O2. The van der Waals surface area contributed by atoms with E-state index in [1.807, 2.05) is 37.8 Å². The number of carbonyl (C=O) groups is 2. The molecule has 2 aliphatic rings. The van der Waals surface area contributed by atoms with E-state index in [1.54, 1.807) is 0 Å². The van der Waals surface area contributed by atoms with E-state index >= 15 is 0 Å². The topological polar surface area (TPSA) is 62.3 Å². The minimum Gasteiger partial charge on any atom is -0.351 e. The molecule has 5 heteroatoms. The van der Waals surface area contributed by atoms with E-state index in [2.05, 4.69) is 16.4 Å². The number of carbonyl (C=O) groups excluding carboxylic acids is 2. The fourth-order valence-electron chi connectivity index (χ4n) is 4.37. The molecule has 1 aromatic carbocycles. The average molecular weight is 351 g/mol. The molecule has 0 saturated carbocycles. The standard InChI is InChI=1S/C21H25N3O2/c1-12-7-13(2)19-17(8-12)18(9-14(3)22-19)21(26)24-10-15-5-4-6-16(11-24)23-20(15)25/h7-9,15-16H,4-6,10-11H2,1-3H3,(H,23,25)/t15-,16-/m1/s1. The van der Waals surface area contributed by atoms with Crippen molar-refractivity contribution in [1.29, 1.82) is 0 Å². The molecule has 2 atom stereocenters. The maximum absolute atomic E-state index is 13.4. The largest absolute Gasteiger partial charge is 0.351 e. The zero-order chi connectivity index (χ0) is 18.4. The predicted molar refractivity (Wildman–Crippen MR) is 101 cm³/mol. The van der Waals surface area contributed by atoms with Crippen molar-refractivity contribution in [3.05, 3.63) is 40.6 Å². The van der Waals surface area contributed by atoms with Gasteiger partial charge < -0.3 is 10.2 Å². The summed E-state index contributed by atoms with van der Waals surface area (Å²) in [6, 6.07) is 6.10. The van der Waals surface area contributed by atoms with Gasteiger partial charge in [-0.25, -0.2) is 0 Å². The fraction of sp³-hybridized carbons (Fsp3) is 0.476. The number of amides is 2. The third-order valence-corrected chi connectivity index (χ3v) is 5.60. The van der Waals surface area contributed by atoms with Gasteiger partial charge in [0.1, 0.15) is 0 Å². The molecular weight excluding hydrogens is 326 g/mol. The van der Waals surface area contributed by atoms with Gasteiger partial charge in [-0.3, -0.25) is 14.6 Å². The Kier molecular flexibility index (Phi) is 4.17. The fourth-order valence-corrected chi connectivity index (χ4v) is 4.37. The number of aryl methyl sites for hydroxylation is 3. The highest BCUT2D eigenvalue weighted by Gasteiger charge is 2.35. The van der Waals surface area contributed by atoms with Crippen LogP contribution in [0.25, 0.3) is 10.9 Å². The number of pyridine rings is 1. The SMILES string of the molecule is Cc1cc(C)c2nc(C)cc(C(=O)N3C[C@H]4CCC[C@H](C3)C(=O)N4)c2c1. The molecule has 0 spiro atoms. The molecule has 0 aliphatic carbocycles. The van der Waals surface area contributed by atoms with Crippen molar-refractivity contribution < 1.29 is 9.59 Å². The van der Waals surface area contributed by atoms with Crippen molar-refractivity contribution in [3.63, 3.8) is 0 Å². The van der Waals surface area contributed by atoms with Crippen molar-refractivity contribution in [2.24, 2.45) is 5.92 Å². The third-order valence-electron chi connectivity index (χ3n) is 5.60. The summed E-state index contributed by atoms with van der Waals surface area (Å²) < 4.78 is 0. The van der Waals surface area contributed by atoms with Gasteiger partial charge in [0.05, 0.1) is 17.0 Å². The lowest BCUT2D eigenvalue weighted by atomic mass is 9.97. The molecule has 26 heavy (non-hydrogen) atoms. The van der Waals surface area contributed by atoms with Crippen LogP contribution in [-0.2, 0) is 4.79 Å². The van der Waals surface area contributed by atoms with Gasteiger partial charge in [0, 0.05) is 30.2 Å². The minimum atomic E-state index is -0.0934. The Morgan fingerprint density at radius 1 is 1.15 bits per heavy atom. The Morgan fingerprint density at radius 2 is 1.96 bits per heavy atom. The summed E-state index contributed by atoms with van der Waals surface area (Å²) in [5, 5.41) is 4.01. The van der Waals surface area contributed by atoms with E-state index in [4.69, 9.17) is 0 Å². The van der Waals surface area contributed by atoms with Crippen LogP contribution in [0.1, 0.15) is 46.4 Å². The van der Waals surface area contributed by atoms with Crippen LogP contribution in [0.4, 0.5) is 0 Å². The molecule has 0 radical (unpaired) electrons. The molecule has 2 fully saturated rings.